The third kappa shape index (κ3) is 3.54. The molecule has 0 aromatic carbocycles. The number of hydrogen-bond donors (Lipinski definition) is 3. The number of aliphatic hydroxyl groups is 1. The normalized spacial score (nSPS) is 13.4. The monoisotopic (exact) mass is 283 g/mol. The van der Waals surface area contributed by atoms with Crippen LogP contribution in [0.1, 0.15) is 19.5 Å². The van der Waals surface area contributed by atoms with E-state index >= 15 is 0 Å². The van der Waals surface area contributed by atoms with E-state index < -0.39 is 5.97 Å². The van der Waals surface area contributed by atoms with Crippen molar-refractivity contribution >= 4 is 23.8 Å². The number of nitrogens with two attached hydrogens (primary N) is 1. The SMILES string of the molecule is CCOC(=O)/C(C=Nc1nonc1/C(N)=N\O)=C(\C)O. The van der Waals surface area contributed by atoms with E-state index in [1.807, 2.05) is 0 Å². The van der Waals surface area contributed by atoms with Crippen LogP contribution < -0.4 is 5.73 Å². The highest BCUT2D eigenvalue weighted by Crippen LogP contribution is 2.13. The molecule has 1 rings (SSSR count). The van der Waals surface area contributed by atoms with Gasteiger partial charge in [0.25, 0.3) is 0 Å². The van der Waals surface area contributed by atoms with Gasteiger partial charge < -0.3 is 20.8 Å². The topological polar surface area (TPSA) is 156 Å². The molecule has 1 aromatic rings. The first-order chi connectivity index (χ1) is 9.51. The Balaban J connectivity index is 3.05. The maximum absolute atomic E-state index is 11.5. The van der Waals surface area contributed by atoms with Gasteiger partial charge in [-0.1, -0.05) is 5.16 Å². The summed E-state index contributed by atoms with van der Waals surface area (Å²) in [7, 11) is 0. The first-order valence-electron chi connectivity index (χ1n) is 5.42. The van der Waals surface area contributed by atoms with Crippen LogP contribution in [0.2, 0.25) is 0 Å². The molecule has 0 radical (unpaired) electrons. The zero-order valence-corrected chi connectivity index (χ0v) is 10.8. The minimum absolute atomic E-state index is 0.109. The highest BCUT2D eigenvalue weighted by molar-refractivity contribution is 6.10. The van der Waals surface area contributed by atoms with Crippen LogP contribution in [0, 0.1) is 0 Å². The molecule has 0 saturated carbocycles. The van der Waals surface area contributed by atoms with E-state index in [-0.39, 0.29) is 35.3 Å². The van der Waals surface area contributed by atoms with Gasteiger partial charge in [0, 0.05) is 6.21 Å². The lowest BCUT2D eigenvalue weighted by atomic mass is 10.2. The Kier molecular flexibility index (Phi) is 5.21. The molecule has 0 saturated heterocycles. The summed E-state index contributed by atoms with van der Waals surface area (Å²) in [6.45, 7) is 3.06. The average Bonchev–Trinajstić information content (AvgIpc) is 2.86. The summed E-state index contributed by atoms with van der Waals surface area (Å²) in [6, 6.07) is 0. The second-order valence-electron chi connectivity index (χ2n) is 3.40. The van der Waals surface area contributed by atoms with Gasteiger partial charge in [0.2, 0.25) is 5.82 Å². The lowest BCUT2D eigenvalue weighted by Gasteiger charge is -2.02. The number of hydrogen-bond acceptors (Lipinski definition) is 9. The molecule has 1 aromatic heterocycles. The van der Waals surface area contributed by atoms with E-state index in [9.17, 15) is 9.90 Å². The summed E-state index contributed by atoms with van der Waals surface area (Å²) in [5.41, 5.74) is 5.05. The molecule has 0 atom stereocenters. The van der Waals surface area contributed by atoms with Crippen LogP contribution in [0.15, 0.2) is 26.1 Å². The summed E-state index contributed by atoms with van der Waals surface area (Å²) in [5, 5.41) is 27.4. The summed E-state index contributed by atoms with van der Waals surface area (Å²) in [5.74, 6) is -1.52. The molecule has 0 bridgehead atoms. The molecule has 1 heterocycles. The fraction of sp³-hybridized carbons (Fsp3) is 0.300. The minimum Gasteiger partial charge on any atom is -0.512 e. The molecule has 10 nitrogen and oxygen atoms in total. The summed E-state index contributed by atoms with van der Waals surface area (Å²) in [4.78, 5) is 15.3. The van der Waals surface area contributed by atoms with Crippen molar-refractivity contribution in [1.29, 1.82) is 0 Å². The van der Waals surface area contributed by atoms with Gasteiger partial charge in [-0.25, -0.2) is 14.4 Å². The highest BCUT2D eigenvalue weighted by atomic mass is 16.6. The number of aliphatic hydroxyl groups excluding tert-OH is 1. The zero-order valence-electron chi connectivity index (χ0n) is 10.8. The molecule has 20 heavy (non-hydrogen) atoms. The highest BCUT2D eigenvalue weighted by Gasteiger charge is 2.16. The molecule has 0 amide bonds. The van der Waals surface area contributed by atoms with E-state index in [2.05, 4.69) is 25.1 Å². The molecular formula is C10H13N5O5. The molecule has 4 N–H and O–H groups in total. The van der Waals surface area contributed by atoms with Crippen molar-refractivity contribution in [3.63, 3.8) is 0 Å². The number of aromatic nitrogens is 2. The number of ether oxygens (including phenoxy) is 1. The van der Waals surface area contributed by atoms with Crippen molar-refractivity contribution < 1.29 is 24.5 Å². The smallest absolute Gasteiger partial charge is 0.343 e. The Bertz CT molecular complexity index is 570. The molecule has 0 aliphatic carbocycles. The third-order valence-electron chi connectivity index (χ3n) is 2.02. The number of carbonyl (C=O) groups excluding carboxylic acids is 1. The number of nitrogens with zero attached hydrogens (tertiary/aromatic N) is 4. The van der Waals surface area contributed by atoms with Gasteiger partial charge in [0.1, 0.15) is 11.3 Å². The Labute approximate surface area is 113 Å². The molecule has 0 aliphatic heterocycles. The first-order valence-corrected chi connectivity index (χ1v) is 5.42. The minimum atomic E-state index is -0.752. The van der Waals surface area contributed by atoms with Gasteiger partial charge in [0.15, 0.2) is 11.5 Å². The van der Waals surface area contributed by atoms with Gasteiger partial charge in [0.05, 0.1) is 6.61 Å². The lowest BCUT2D eigenvalue weighted by molar-refractivity contribution is -0.138. The van der Waals surface area contributed by atoms with Crippen LogP contribution in [-0.4, -0.2) is 45.3 Å². The van der Waals surface area contributed by atoms with Crippen LogP contribution >= 0.6 is 0 Å². The summed E-state index contributed by atoms with van der Waals surface area (Å²) in [6.07, 6.45) is 1.01. The quantitative estimate of drug-likeness (QED) is 0.132. The maximum atomic E-state index is 11.5. The largest absolute Gasteiger partial charge is 0.512 e. The Morgan fingerprint density at radius 2 is 2.25 bits per heavy atom. The third-order valence-corrected chi connectivity index (χ3v) is 2.02. The van der Waals surface area contributed by atoms with E-state index in [0.717, 1.165) is 6.21 Å². The van der Waals surface area contributed by atoms with Crippen molar-refractivity contribution in [2.24, 2.45) is 15.9 Å². The van der Waals surface area contributed by atoms with Crippen molar-refractivity contribution in [1.82, 2.24) is 10.3 Å². The molecule has 0 unspecified atom stereocenters. The number of rotatable bonds is 5. The molecule has 0 spiro atoms. The summed E-state index contributed by atoms with van der Waals surface area (Å²) < 4.78 is 9.13. The predicted octanol–water partition coefficient (Wildman–Crippen LogP) is 0.262. The van der Waals surface area contributed by atoms with Crippen molar-refractivity contribution in [2.45, 2.75) is 13.8 Å². The number of aliphatic imine (C=N–C) groups is 1. The number of amidine groups is 1. The van der Waals surface area contributed by atoms with E-state index in [4.69, 9.17) is 15.7 Å². The molecule has 108 valence electrons. The van der Waals surface area contributed by atoms with Gasteiger partial charge >= 0.3 is 5.97 Å². The number of esters is 1. The second kappa shape index (κ2) is 6.87. The molecular weight excluding hydrogens is 270 g/mol. The van der Waals surface area contributed by atoms with E-state index in [0.29, 0.717) is 0 Å². The predicted molar refractivity (Wildman–Crippen MR) is 66.9 cm³/mol. The molecule has 0 fully saturated rings. The van der Waals surface area contributed by atoms with E-state index in [1.54, 1.807) is 6.92 Å². The maximum Gasteiger partial charge on any atom is 0.343 e. The van der Waals surface area contributed by atoms with Crippen LogP contribution in [0.3, 0.4) is 0 Å². The Morgan fingerprint density at radius 3 is 2.80 bits per heavy atom. The first kappa shape index (κ1) is 15.1. The second-order valence-corrected chi connectivity index (χ2v) is 3.40. The number of oxime groups is 1. The van der Waals surface area contributed by atoms with Crippen molar-refractivity contribution in [3.05, 3.63) is 17.0 Å². The summed E-state index contributed by atoms with van der Waals surface area (Å²) >= 11 is 0. The standard InChI is InChI=1S/C10H13N5O5/c1-3-19-10(17)6(5(2)16)4-12-9-7(8(11)13-18)14-20-15-9/h4,16,18H,3H2,1-2H3,(H2,11,13)/b6-5+,12-4?. The molecule has 10 heteroatoms. The van der Waals surface area contributed by atoms with Crippen molar-refractivity contribution in [3.8, 4) is 0 Å². The number of allylic oxidation sites excluding steroid dienone is 1. The van der Waals surface area contributed by atoms with Crippen LogP contribution in [0.4, 0.5) is 5.82 Å². The number of carbonyl (C=O) groups is 1. The van der Waals surface area contributed by atoms with Crippen LogP contribution in [0.5, 0.6) is 0 Å². The van der Waals surface area contributed by atoms with Crippen molar-refractivity contribution in [2.75, 3.05) is 6.61 Å². The molecule has 0 aliphatic rings. The Morgan fingerprint density at radius 1 is 1.55 bits per heavy atom. The zero-order chi connectivity index (χ0) is 15.1. The van der Waals surface area contributed by atoms with Gasteiger partial charge in [-0.15, -0.1) is 0 Å². The fourth-order valence-corrected chi connectivity index (χ4v) is 1.11. The average molecular weight is 283 g/mol. The van der Waals surface area contributed by atoms with Gasteiger partial charge in [-0.2, -0.15) is 0 Å². The van der Waals surface area contributed by atoms with Gasteiger partial charge in [-0.05, 0) is 24.2 Å². The van der Waals surface area contributed by atoms with Crippen LogP contribution in [-0.2, 0) is 9.53 Å². The lowest BCUT2D eigenvalue weighted by Crippen LogP contribution is -2.14. The van der Waals surface area contributed by atoms with E-state index in [1.165, 1.54) is 6.92 Å². The Hall–Kier alpha value is -2.91. The fourth-order valence-electron chi connectivity index (χ4n) is 1.11. The van der Waals surface area contributed by atoms with Gasteiger partial charge in [-0.3, -0.25) is 0 Å². The van der Waals surface area contributed by atoms with Crippen LogP contribution in [0.25, 0.3) is 0 Å².